The number of phenolic OH excluding ortho intramolecular Hbond substituents is 1. The lowest BCUT2D eigenvalue weighted by Crippen LogP contribution is -2.14. The van der Waals surface area contributed by atoms with Crippen LogP contribution >= 0.6 is 0 Å². The van der Waals surface area contributed by atoms with Crippen LogP contribution in [0.1, 0.15) is 65.7 Å². The van der Waals surface area contributed by atoms with Crippen LogP contribution in [0.3, 0.4) is 0 Å². The van der Waals surface area contributed by atoms with Gasteiger partial charge in [-0.2, -0.15) is 5.21 Å². The molecule has 2 atom stereocenters. The number of nitrogens with one attached hydrogen (secondary N) is 2. The number of benzene rings is 2. The Balaban J connectivity index is 1.41. The third-order valence-electron chi connectivity index (χ3n) is 6.93. The van der Waals surface area contributed by atoms with E-state index in [1.165, 1.54) is 4.68 Å². The summed E-state index contributed by atoms with van der Waals surface area (Å²) in [5.41, 5.74) is 4.67. The van der Waals surface area contributed by atoms with E-state index in [0.717, 1.165) is 48.1 Å². The summed E-state index contributed by atoms with van der Waals surface area (Å²) in [6, 6.07) is 11.3. The monoisotopic (exact) mass is 472 g/mol. The molecule has 1 saturated carbocycles. The molecule has 0 saturated heterocycles. The van der Waals surface area contributed by atoms with Gasteiger partial charge in [-0.1, -0.05) is 29.8 Å². The first-order chi connectivity index (χ1) is 16.9. The Hall–Kier alpha value is -4.08. The van der Waals surface area contributed by atoms with Crippen LogP contribution < -0.4 is 5.56 Å². The normalized spacial score (nSPS) is 18.4. The van der Waals surface area contributed by atoms with E-state index >= 15 is 0 Å². The highest BCUT2D eigenvalue weighted by molar-refractivity contribution is 5.56. The van der Waals surface area contributed by atoms with Gasteiger partial charge in [0.25, 0.3) is 5.56 Å². The number of hydrogen-bond donors (Lipinski definition) is 3. The van der Waals surface area contributed by atoms with Crippen molar-refractivity contribution in [3.05, 3.63) is 75.0 Å². The van der Waals surface area contributed by atoms with Gasteiger partial charge in [-0.05, 0) is 80.8 Å². The number of hydrogen-bond acceptors (Lipinski definition) is 7. The van der Waals surface area contributed by atoms with Crippen LogP contribution in [0.2, 0.25) is 0 Å². The summed E-state index contributed by atoms with van der Waals surface area (Å²) in [6.07, 6.45) is 3.79. The number of aromatic hydroxyl groups is 1. The molecule has 4 aromatic rings. The average Bonchev–Trinajstić information content (AvgIpc) is 3.49. The minimum atomic E-state index is -0.291. The van der Waals surface area contributed by atoms with E-state index in [1.807, 2.05) is 44.2 Å². The second-order valence-electron chi connectivity index (χ2n) is 9.24. The summed E-state index contributed by atoms with van der Waals surface area (Å²) in [5, 5.41) is 37.1. The van der Waals surface area contributed by atoms with Gasteiger partial charge < -0.3 is 5.11 Å². The zero-order chi connectivity index (χ0) is 24.5. The van der Waals surface area contributed by atoms with Crippen molar-refractivity contribution in [2.75, 3.05) is 0 Å². The maximum atomic E-state index is 13.1. The lowest BCUT2D eigenvalue weighted by molar-refractivity contribution is 0.370. The molecule has 10 nitrogen and oxygen atoms in total. The molecule has 2 heterocycles. The molecule has 0 spiro atoms. The van der Waals surface area contributed by atoms with Gasteiger partial charge in [0.2, 0.25) is 0 Å². The molecule has 0 bridgehead atoms. The smallest absolute Gasteiger partial charge is 0.299 e. The number of H-pyrrole nitrogens is 2. The van der Waals surface area contributed by atoms with Gasteiger partial charge in [0.1, 0.15) is 11.4 Å². The molecular weight excluding hydrogens is 444 g/mol. The topological polar surface area (TPSA) is 137 Å². The Kier molecular flexibility index (Phi) is 6.02. The van der Waals surface area contributed by atoms with Crippen molar-refractivity contribution >= 4 is 11.4 Å². The highest BCUT2D eigenvalue weighted by Gasteiger charge is 2.29. The molecule has 2 aromatic heterocycles. The van der Waals surface area contributed by atoms with Crippen LogP contribution in [-0.2, 0) is 0 Å². The molecular formula is C25H28N8O2. The van der Waals surface area contributed by atoms with Gasteiger partial charge in [0.15, 0.2) is 11.5 Å². The van der Waals surface area contributed by atoms with Crippen molar-refractivity contribution < 1.29 is 5.11 Å². The molecule has 1 aliphatic rings. The molecule has 0 aliphatic heterocycles. The molecule has 1 fully saturated rings. The number of aromatic nitrogens is 6. The minimum Gasteiger partial charge on any atom is -0.505 e. The Morgan fingerprint density at radius 3 is 2.66 bits per heavy atom. The first kappa shape index (κ1) is 22.7. The van der Waals surface area contributed by atoms with Crippen LogP contribution in [0, 0.1) is 20.8 Å². The zero-order valence-corrected chi connectivity index (χ0v) is 20.0. The van der Waals surface area contributed by atoms with E-state index in [2.05, 4.69) is 36.0 Å². The standard InChI is InChI=1S/C25H28N8O2/c1-14-10-11-19(12-15(14)2)33-25(35)22(16(3)30-33)27-26-21-9-5-8-20(23(21)34)17-6-4-7-18(13-17)24-28-31-32-29-24/h5,8-12,17-18,30,34H,4,6-7,13H2,1-3H3,(H,28,29,31,32). The molecule has 35 heavy (non-hydrogen) atoms. The Morgan fingerprint density at radius 1 is 1.06 bits per heavy atom. The largest absolute Gasteiger partial charge is 0.505 e. The fourth-order valence-corrected chi connectivity index (χ4v) is 4.81. The zero-order valence-electron chi connectivity index (χ0n) is 20.0. The van der Waals surface area contributed by atoms with E-state index in [9.17, 15) is 9.90 Å². The number of rotatable bonds is 5. The van der Waals surface area contributed by atoms with Crippen LogP contribution in [0.5, 0.6) is 5.75 Å². The van der Waals surface area contributed by atoms with Gasteiger partial charge in [-0.15, -0.1) is 20.4 Å². The van der Waals surface area contributed by atoms with Gasteiger partial charge in [-0.3, -0.25) is 9.89 Å². The second-order valence-corrected chi connectivity index (χ2v) is 9.24. The van der Waals surface area contributed by atoms with Crippen molar-refractivity contribution in [1.82, 2.24) is 30.4 Å². The van der Waals surface area contributed by atoms with E-state index in [0.29, 0.717) is 17.2 Å². The van der Waals surface area contributed by atoms with Crippen LogP contribution in [-0.4, -0.2) is 35.5 Å². The van der Waals surface area contributed by atoms with E-state index in [4.69, 9.17) is 0 Å². The highest BCUT2D eigenvalue weighted by atomic mass is 16.3. The molecule has 10 heteroatoms. The summed E-state index contributed by atoms with van der Waals surface area (Å²) < 4.78 is 1.46. The predicted octanol–water partition coefficient (Wildman–Crippen LogP) is 5.17. The Labute approximate surface area is 202 Å². The molecule has 0 radical (unpaired) electrons. The van der Waals surface area contributed by atoms with E-state index < -0.39 is 0 Å². The summed E-state index contributed by atoms with van der Waals surface area (Å²) in [6.45, 7) is 5.82. The number of aryl methyl sites for hydroxylation is 3. The number of phenols is 1. The van der Waals surface area contributed by atoms with E-state index in [1.54, 1.807) is 13.0 Å². The van der Waals surface area contributed by atoms with Crippen molar-refractivity contribution in [3.8, 4) is 11.4 Å². The third kappa shape index (κ3) is 4.39. The van der Waals surface area contributed by atoms with Crippen LogP contribution in [0.4, 0.5) is 11.4 Å². The maximum absolute atomic E-state index is 13.1. The number of azo groups is 1. The Bertz CT molecular complexity index is 1430. The number of aromatic amines is 2. The van der Waals surface area contributed by atoms with Crippen molar-refractivity contribution in [1.29, 1.82) is 0 Å². The minimum absolute atomic E-state index is 0.0951. The first-order valence-corrected chi connectivity index (χ1v) is 11.8. The predicted molar refractivity (Wildman–Crippen MR) is 131 cm³/mol. The summed E-state index contributed by atoms with van der Waals surface area (Å²) in [7, 11) is 0. The summed E-state index contributed by atoms with van der Waals surface area (Å²) in [4.78, 5) is 13.1. The van der Waals surface area contributed by atoms with Gasteiger partial charge in [0, 0.05) is 5.92 Å². The number of nitrogens with zero attached hydrogens (tertiary/aromatic N) is 6. The molecule has 180 valence electrons. The third-order valence-corrected chi connectivity index (χ3v) is 6.93. The lowest BCUT2D eigenvalue weighted by atomic mass is 9.77. The molecule has 3 N–H and O–H groups in total. The SMILES string of the molecule is Cc1ccc(-n2[nH]c(C)c(N=Nc3cccc(C4CCCC(c5nn[nH]n5)C4)c3O)c2=O)cc1C. The first-order valence-electron chi connectivity index (χ1n) is 11.8. The molecule has 0 amide bonds. The van der Waals surface area contributed by atoms with Gasteiger partial charge >= 0.3 is 0 Å². The Morgan fingerprint density at radius 2 is 1.89 bits per heavy atom. The maximum Gasteiger partial charge on any atom is 0.299 e. The number of para-hydroxylation sites is 1. The van der Waals surface area contributed by atoms with E-state index in [-0.39, 0.29) is 28.8 Å². The van der Waals surface area contributed by atoms with Gasteiger partial charge in [0.05, 0.1) is 11.4 Å². The second kappa shape index (κ2) is 9.28. The molecule has 2 unspecified atom stereocenters. The highest BCUT2D eigenvalue weighted by Crippen LogP contribution is 2.45. The van der Waals surface area contributed by atoms with Crippen molar-refractivity contribution in [3.63, 3.8) is 0 Å². The van der Waals surface area contributed by atoms with Crippen molar-refractivity contribution in [2.24, 2.45) is 10.2 Å². The van der Waals surface area contributed by atoms with Crippen LogP contribution in [0.15, 0.2) is 51.4 Å². The average molecular weight is 473 g/mol. The summed E-state index contributed by atoms with van der Waals surface area (Å²) in [5.74, 6) is 1.16. The lowest BCUT2D eigenvalue weighted by Gasteiger charge is -2.28. The molecule has 5 rings (SSSR count). The fourth-order valence-electron chi connectivity index (χ4n) is 4.81. The molecule has 2 aromatic carbocycles. The fraction of sp³-hybridized carbons (Fsp3) is 0.360. The number of tetrazole rings is 1. The summed E-state index contributed by atoms with van der Waals surface area (Å²) >= 11 is 0. The molecule has 1 aliphatic carbocycles. The quantitative estimate of drug-likeness (QED) is 0.344. The van der Waals surface area contributed by atoms with Gasteiger partial charge in [-0.25, -0.2) is 4.68 Å². The van der Waals surface area contributed by atoms with Crippen LogP contribution in [0.25, 0.3) is 5.69 Å². The van der Waals surface area contributed by atoms with Crippen molar-refractivity contribution in [2.45, 2.75) is 58.3 Å².